The van der Waals surface area contributed by atoms with Crippen molar-refractivity contribution in [3.63, 3.8) is 0 Å². The molecule has 1 aliphatic rings. The van der Waals surface area contributed by atoms with Crippen LogP contribution in [0.1, 0.15) is 26.2 Å². The second-order valence-corrected chi connectivity index (χ2v) is 3.12. The van der Waals surface area contributed by atoms with Crippen LogP contribution < -0.4 is 0 Å². The first-order valence-electron chi connectivity index (χ1n) is 4.42. The van der Waals surface area contributed by atoms with E-state index in [0.717, 1.165) is 12.8 Å². The lowest BCUT2D eigenvalue weighted by atomic mass is 10.1. The molecule has 0 saturated heterocycles. The van der Waals surface area contributed by atoms with E-state index in [4.69, 9.17) is 5.41 Å². The fraction of sp³-hybridized carbons (Fsp3) is 0.667. The van der Waals surface area contributed by atoms with Gasteiger partial charge in [-0.2, -0.15) is 0 Å². The number of hydrogen-bond acceptors (Lipinski definition) is 4. The zero-order valence-electron chi connectivity index (χ0n) is 7.63. The second-order valence-electron chi connectivity index (χ2n) is 3.12. The summed E-state index contributed by atoms with van der Waals surface area (Å²) in [5.41, 5.74) is -0.223. The Morgan fingerprint density at radius 3 is 2.54 bits per heavy atom. The highest BCUT2D eigenvalue weighted by molar-refractivity contribution is 6.38. The third-order valence-electron chi connectivity index (χ3n) is 1.91. The predicted octanol–water partition coefficient (Wildman–Crippen LogP) is 0.938. The molecule has 0 atom stereocenters. The number of Topliss-reactive ketones (excluding diaryl/α,β-unsaturated/α-hetero) is 1. The Morgan fingerprint density at radius 1 is 1.46 bits per heavy atom. The lowest BCUT2D eigenvalue weighted by Crippen LogP contribution is -2.20. The maximum absolute atomic E-state index is 11.2. The number of carbonyl (C=O) groups is 2. The minimum Gasteiger partial charge on any atom is -0.462 e. The highest BCUT2D eigenvalue weighted by Crippen LogP contribution is 2.30. The van der Waals surface area contributed by atoms with Gasteiger partial charge in [0.1, 0.15) is 11.5 Å². The molecular formula is C9H13NO3. The van der Waals surface area contributed by atoms with E-state index >= 15 is 0 Å². The molecule has 1 rings (SSSR count). The Labute approximate surface area is 76.8 Å². The Kier molecular flexibility index (Phi) is 3.17. The van der Waals surface area contributed by atoms with E-state index in [1.807, 2.05) is 0 Å². The van der Waals surface area contributed by atoms with Crippen LogP contribution in [0.3, 0.4) is 0 Å². The van der Waals surface area contributed by atoms with Crippen molar-refractivity contribution in [2.24, 2.45) is 5.92 Å². The highest BCUT2D eigenvalue weighted by atomic mass is 16.5. The summed E-state index contributed by atoms with van der Waals surface area (Å²) in [6.45, 7) is 1.92. The quantitative estimate of drug-likeness (QED) is 0.509. The van der Waals surface area contributed by atoms with Gasteiger partial charge in [-0.05, 0) is 19.8 Å². The monoisotopic (exact) mass is 183 g/mol. The van der Waals surface area contributed by atoms with Gasteiger partial charge >= 0.3 is 5.97 Å². The molecule has 0 heterocycles. The summed E-state index contributed by atoms with van der Waals surface area (Å²) < 4.78 is 4.59. The van der Waals surface area contributed by atoms with Crippen molar-refractivity contribution in [3.05, 3.63) is 0 Å². The van der Waals surface area contributed by atoms with Crippen LogP contribution in [0.15, 0.2) is 0 Å². The maximum atomic E-state index is 11.2. The molecule has 0 aromatic rings. The molecule has 4 heteroatoms. The van der Waals surface area contributed by atoms with Crippen LogP contribution in [-0.2, 0) is 14.3 Å². The molecule has 0 aliphatic heterocycles. The molecule has 1 fully saturated rings. The van der Waals surface area contributed by atoms with Gasteiger partial charge < -0.3 is 4.74 Å². The van der Waals surface area contributed by atoms with Crippen molar-refractivity contribution in [1.29, 1.82) is 5.41 Å². The smallest absolute Gasteiger partial charge is 0.352 e. The van der Waals surface area contributed by atoms with Crippen molar-refractivity contribution < 1.29 is 14.3 Å². The van der Waals surface area contributed by atoms with E-state index in [1.165, 1.54) is 0 Å². The number of rotatable bonds is 5. The van der Waals surface area contributed by atoms with Crippen LogP contribution in [0, 0.1) is 11.3 Å². The van der Waals surface area contributed by atoms with Crippen LogP contribution >= 0.6 is 0 Å². The third-order valence-corrected chi connectivity index (χ3v) is 1.91. The molecule has 4 nitrogen and oxygen atoms in total. The summed E-state index contributed by atoms with van der Waals surface area (Å²) in [5.74, 6) is -0.565. The standard InChI is InChI=1S/C9H13NO3/c1-2-13-9(12)7(10)5-8(11)6-3-4-6/h6,10H,2-5H2,1H3. The summed E-state index contributed by atoms with van der Waals surface area (Å²) in [6, 6.07) is 0. The molecular weight excluding hydrogens is 170 g/mol. The number of ether oxygens (including phenoxy) is 1. The summed E-state index contributed by atoms with van der Waals surface area (Å²) in [4.78, 5) is 22.1. The Bertz CT molecular complexity index is 243. The van der Waals surface area contributed by atoms with Crippen LogP contribution in [0.2, 0.25) is 0 Å². The summed E-state index contributed by atoms with van der Waals surface area (Å²) in [5, 5.41) is 7.25. The van der Waals surface area contributed by atoms with E-state index in [0.29, 0.717) is 0 Å². The maximum Gasteiger partial charge on any atom is 0.352 e. The van der Waals surface area contributed by atoms with Crippen LogP contribution in [0.4, 0.5) is 0 Å². The van der Waals surface area contributed by atoms with E-state index in [9.17, 15) is 9.59 Å². The first-order chi connectivity index (χ1) is 6.15. The zero-order chi connectivity index (χ0) is 9.84. The fourth-order valence-corrected chi connectivity index (χ4v) is 1.01. The summed E-state index contributed by atoms with van der Waals surface area (Å²) in [6.07, 6.45) is 1.76. The van der Waals surface area contributed by atoms with E-state index in [-0.39, 0.29) is 30.4 Å². The first-order valence-corrected chi connectivity index (χ1v) is 4.42. The van der Waals surface area contributed by atoms with Gasteiger partial charge in [0.25, 0.3) is 0 Å². The molecule has 0 spiro atoms. The van der Waals surface area contributed by atoms with Crippen molar-refractivity contribution in [2.45, 2.75) is 26.2 Å². The molecule has 13 heavy (non-hydrogen) atoms. The topological polar surface area (TPSA) is 67.2 Å². The van der Waals surface area contributed by atoms with Gasteiger partial charge in [0.15, 0.2) is 0 Å². The van der Waals surface area contributed by atoms with Crippen molar-refractivity contribution in [2.75, 3.05) is 6.61 Å². The molecule has 0 aromatic carbocycles. The molecule has 1 saturated carbocycles. The molecule has 0 aromatic heterocycles. The summed E-state index contributed by atoms with van der Waals surface area (Å²) >= 11 is 0. The number of carbonyl (C=O) groups excluding carboxylic acids is 2. The van der Waals surface area contributed by atoms with Crippen LogP contribution in [-0.4, -0.2) is 24.1 Å². The SMILES string of the molecule is CCOC(=O)C(=N)CC(=O)C1CC1. The van der Waals surface area contributed by atoms with Gasteiger partial charge in [-0.25, -0.2) is 4.79 Å². The second kappa shape index (κ2) is 4.16. The van der Waals surface area contributed by atoms with Gasteiger partial charge in [0.05, 0.1) is 13.0 Å². The fourth-order valence-electron chi connectivity index (χ4n) is 1.01. The first kappa shape index (κ1) is 9.89. The van der Waals surface area contributed by atoms with E-state index in [1.54, 1.807) is 6.92 Å². The molecule has 72 valence electrons. The molecule has 0 unspecified atom stereocenters. The summed E-state index contributed by atoms with van der Waals surface area (Å²) in [7, 11) is 0. The normalized spacial score (nSPS) is 15.2. The lowest BCUT2D eigenvalue weighted by molar-refractivity contribution is -0.135. The van der Waals surface area contributed by atoms with Gasteiger partial charge in [-0.1, -0.05) is 0 Å². The molecule has 1 aliphatic carbocycles. The van der Waals surface area contributed by atoms with Crippen molar-refractivity contribution in [1.82, 2.24) is 0 Å². The van der Waals surface area contributed by atoms with E-state index < -0.39 is 5.97 Å². The third kappa shape index (κ3) is 2.97. The predicted molar refractivity (Wildman–Crippen MR) is 46.7 cm³/mol. The van der Waals surface area contributed by atoms with Crippen molar-refractivity contribution in [3.8, 4) is 0 Å². The van der Waals surface area contributed by atoms with Crippen LogP contribution in [0.5, 0.6) is 0 Å². The van der Waals surface area contributed by atoms with Crippen LogP contribution in [0.25, 0.3) is 0 Å². The Hall–Kier alpha value is -1.19. The number of hydrogen-bond donors (Lipinski definition) is 1. The average molecular weight is 183 g/mol. The Balaban J connectivity index is 2.30. The average Bonchev–Trinajstić information content (AvgIpc) is 2.86. The highest BCUT2D eigenvalue weighted by Gasteiger charge is 2.31. The molecule has 0 bridgehead atoms. The van der Waals surface area contributed by atoms with Crippen molar-refractivity contribution >= 4 is 17.5 Å². The van der Waals surface area contributed by atoms with Gasteiger partial charge in [0, 0.05) is 5.92 Å². The Morgan fingerprint density at radius 2 is 2.08 bits per heavy atom. The van der Waals surface area contributed by atoms with Gasteiger partial charge in [-0.15, -0.1) is 0 Å². The number of esters is 1. The molecule has 0 amide bonds. The lowest BCUT2D eigenvalue weighted by Gasteiger charge is -2.01. The minimum atomic E-state index is -0.670. The number of nitrogens with one attached hydrogen (secondary N) is 1. The molecule has 1 N–H and O–H groups in total. The van der Waals surface area contributed by atoms with Gasteiger partial charge in [-0.3, -0.25) is 10.2 Å². The minimum absolute atomic E-state index is 0.00180. The number of ketones is 1. The van der Waals surface area contributed by atoms with E-state index in [2.05, 4.69) is 4.74 Å². The van der Waals surface area contributed by atoms with Gasteiger partial charge in [0.2, 0.25) is 0 Å². The molecule has 0 radical (unpaired) electrons. The largest absolute Gasteiger partial charge is 0.462 e. The zero-order valence-corrected chi connectivity index (χ0v) is 7.63.